The van der Waals surface area contributed by atoms with Crippen LogP contribution in [0.4, 0.5) is 0 Å². The molecule has 1 aliphatic heterocycles. The van der Waals surface area contributed by atoms with Gasteiger partial charge < -0.3 is 10.5 Å². The molecule has 3 rings (SSSR count). The summed E-state index contributed by atoms with van der Waals surface area (Å²) in [5.41, 5.74) is 4.32. The number of nitrogens with two attached hydrogens (primary N) is 1. The predicted molar refractivity (Wildman–Crippen MR) is 63.6 cm³/mol. The Bertz CT molecular complexity index is 597. The van der Waals surface area contributed by atoms with Crippen LogP contribution in [0, 0.1) is 0 Å². The normalized spacial score (nSPS) is 19.6. The monoisotopic (exact) mass is 247 g/mol. The highest BCUT2D eigenvalue weighted by molar-refractivity contribution is 5.90. The zero-order valence-electron chi connectivity index (χ0n) is 9.76. The number of ether oxygens (including phenoxy) is 1. The van der Waals surface area contributed by atoms with Crippen molar-refractivity contribution < 1.29 is 9.53 Å². The summed E-state index contributed by atoms with van der Waals surface area (Å²) >= 11 is 0. The van der Waals surface area contributed by atoms with Gasteiger partial charge in [0.05, 0.1) is 0 Å². The molecule has 1 amide bonds. The van der Waals surface area contributed by atoms with E-state index in [2.05, 4.69) is 4.98 Å². The highest BCUT2D eigenvalue weighted by Gasteiger charge is 2.42. The fourth-order valence-corrected chi connectivity index (χ4v) is 2.64. The number of nitrogens with zero attached hydrogens (tertiary/aromatic N) is 2. The quantitative estimate of drug-likeness (QED) is 0.785. The third kappa shape index (κ3) is 1.45. The fraction of sp³-hybridized carbons (Fsp3) is 0.417. The van der Waals surface area contributed by atoms with Gasteiger partial charge in [-0.1, -0.05) is 0 Å². The van der Waals surface area contributed by atoms with E-state index in [1.165, 1.54) is 17.0 Å². The van der Waals surface area contributed by atoms with Gasteiger partial charge in [-0.05, 0) is 25.7 Å². The maximum atomic E-state index is 11.9. The summed E-state index contributed by atoms with van der Waals surface area (Å²) in [6.07, 6.45) is 6.68. The molecular weight excluding hydrogens is 234 g/mol. The highest BCUT2D eigenvalue weighted by Crippen LogP contribution is 2.42. The number of fused-ring (bicyclic) bond motifs is 2. The van der Waals surface area contributed by atoms with Crippen molar-refractivity contribution in [2.24, 2.45) is 5.73 Å². The molecule has 0 radical (unpaired) electrons. The third-order valence-corrected chi connectivity index (χ3v) is 3.53. The minimum absolute atomic E-state index is 0.00331. The smallest absolute Gasteiger partial charge is 0.267 e. The van der Waals surface area contributed by atoms with Gasteiger partial charge in [0.1, 0.15) is 12.0 Å². The molecule has 0 saturated heterocycles. The molecule has 6 heteroatoms. The van der Waals surface area contributed by atoms with Crippen LogP contribution in [-0.4, -0.2) is 15.5 Å². The van der Waals surface area contributed by atoms with Crippen LogP contribution in [0.3, 0.4) is 0 Å². The van der Waals surface area contributed by atoms with Gasteiger partial charge in [0.25, 0.3) is 11.5 Å². The van der Waals surface area contributed by atoms with Gasteiger partial charge in [0, 0.05) is 12.3 Å². The van der Waals surface area contributed by atoms with Crippen molar-refractivity contribution in [1.29, 1.82) is 0 Å². The number of carbonyl (C=O) groups is 1. The number of aromatic nitrogens is 2. The standard InChI is InChI=1S/C12H13N3O3/c13-10(17)8-7-9(16)15-5-6-18-12(11(15)14-8)3-1-2-4-12/h5-7H,1-4H2,(H2,13,17). The molecule has 1 aromatic rings. The Morgan fingerprint density at radius 3 is 2.83 bits per heavy atom. The van der Waals surface area contributed by atoms with E-state index in [0.717, 1.165) is 31.7 Å². The Labute approximate surface area is 103 Å². The van der Waals surface area contributed by atoms with Gasteiger partial charge in [-0.15, -0.1) is 0 Å². The summed E-state index contributed by atoms with van der Waals surface area (Å²) in [6.45, 7) is 0. The second kappa shape index (κ2) is 3.69. The summed E-state index contributed by atoms with van der Waals surface area (Å²) in [5.74, 6) is -0.206. The SMILES string of the molecule is NC(=O)c1cc(=O)n2c(n1)C1(CCCC1)OC=C2. The number of carbonyl (C=O) groups excluding carboxylic acids is 1. The molecule has 18 heavy (non-hydrogen) atoms. The molecular formula is C12H13N3O3. The first kappa shape index (κ1) is 11.0. The second-order valence-corrected chi connectivity index (χ2v) is 4.64. The number of rotatable bonds is 1. The van der Waals surface area contributed by atoms with Crippen LogP contribution in [0.2, 0.25) is 0 Å². The van der Waals surface area contributed by atoms with Crippen molar-refractivity contribution >= 4 is 12.1 Å². The Balaban J connectivity index is 2.24. The molecule has 1 aromatic heterocycles. The van der Waals surface area contributed by atoms with Crippen molar-refractivity contribution in [2.75, 3.05) is 0 Å². The summed E-state index contributed by atoms with van der Waals surface area (Å²) in [5, 5.41) is 0. The first-order chi connectivity index (χ1) is 8.62. The van der Waals surface area contributed by atoms with Crippen molar-refractivity contribution in [1.82, 2.24) is 9.55 Å². The fourth-order valence-electron chi connectivity index (χ4n) is 2.64. The second-order valence-electron chi connectivity index (χ2n) is 4.64. The molecule has 0 aromatic carbocycles. The van der Waals surface area contributed by atoms with E-state index < -0.39 is 11.5 Å². The molecule has 2 N–H and O–H groups in total. The van der Waals surface area contributed by atoms with Crippen molar-refractivity contribution in [3.63, 3.8) is 0 Å². The minimum Gasteiger partial charge on any atom is -0.485 e. The Kier molecular flexibility index (Phi) is 2.26. The van der Waals surface area contributed by atoms with E-state index in [1.54, 1.807) is 0 Å². The molecule has 0 atom stereocenters. The summed E-state index contributed by atoms with van der Waals surface area (Å²) < 4.78 is 7.12. The van der Waals surface area contributed by atoms with Gasteiger partial charge >= 0.3 is 0 Å². The lowest BCUT2D eigenvalue weighted by atomic mass is 9.99. The molecule has 1 saturated carbocycles. The highest BCUT2D eigenvalue weighted by atomic mass is 16.5. The third-order valence-electron chi connectivity index (χ3n) is 3.53. The number of amides is 1. The molecule has 2 aliphatic rings. The first-order valence-corrected chi connectivity index (χ1v) is 5.91. The summed E-state index contributed by atoms with van der Waals surface area (Å²) in [7, 11) is 0. The van der Waals surface area contributed by atoms with E-state index in [1.807, 2.05) is 0 Å². The minimum atomic E-state index is -0.696. The largest absolute Gasteiger partial charge is 0.485 e. The van der Waals surface area contributed by atoms with Crippen molar-refractivity contribution in [3.05, 3.63) is 34.2 Å². The van der Waals surface area contributed by atoms with Crippen LogP contribution in [0.5, 0.6) is 0 Å². The first-order valence-electron chi connectivity index (χ1n) is 5.91. The number of hydrogen-bond acceptors (Lipinski definition) is 4. The molecule has 1 fully saturated rings. The number of hydrogen-bond donors (Lipinski definition) is 1. The maximum absolute atomic E-state index is 11.9. The lowest BCUT2D eigenvalue weighted by Crippen LogP contribution is -2.38. The van der Waals surface area contributed by atoms with Crippen LogP contribution in [0.1, 0.15) is 42.0 Å². The van der Waals surface area contributed by atoms with Crippen molar-refractivity contribution in [3.8, 4) is 0 Å². The Hall–Kier alpha value is -2.11. The van der Waals surface area contributed by atoms with Crippen LogP contribution in [-0.2, 0) is 10.3 Å². The lowest BCUT2D eigenvalue weighted by molar-refractivity contribution is 0.00842. The lowest BCUT2D eigenvalue weighted by Gasteiger charge is -2.32. The van der Waals surface area contributed by atoms with Crippen LogP contribution in [0.15, 0.2) is 17.1 Å². The molecule has 94 valence electrons. The predicted octanol–water partition coefficient (Wildman–Crippen LogP) is 0.570. The summed E-state index contributed by atoms with van der Waals surface area (Å²) in [6, 6.07) is 1.16. The van der Waals surface area contributed by atoms with E-state index in [9.17, 15) is 9.59 Å². The van der Waals surface area contributed by atoms with Gasteiger partial charge in [-0.25, -0.2) is 4.98 Å². The maximum Gasteiger partial charge on any atom is 0.267 e. The van der Waals surface area contributed by atoms with E-state index >= 15 is 0 Å². The summed E-state index contributed by atoms with van der Waals surface area (Å²) in [4.78, 5) is 27.4. The van der Waals surface area contributed by atoms with E-state index in [4.69, 9.17) is 10.5 Å². The van der Waals surface area contributed by atoms with Gasteiger partial charge in [-0.3, -0.25) is 14.2 Å². The van der Waals surface area contributed by atoms with Crippen LogP contribution < -0.4 is 11.3 Å². The average molecular weight is 247 g/mol. The zero-order chi connectivity index (χ0) is 12.8. The van der Waals surface area contributed by atoms with Crippen molar-refractivity contribution in [2.45, 2.75) is 31.3 Å². The van der Waals surface area contributed by atoms with Gasteiger partial charge in [-0.2, -0.15) is 0 Å². The average Bonchev–Trinajstić information content (AvgIpc) is 2.79. The molecule has 0 unspecified atom stereocenters. The molecule has 1 aliphatic carbocycles. The van der Waals surface area contributed by atoms with E-state index in [-0.39, 0.29) is 11.3 Å². The van der Waals surface area contributed by atoms with Crippen LogP contribution in [0.25, 0.3) is 6.20 Å². The number of primary amides is 1. The molecule has 2 heterocycles. The van der Waals surface area contributed by atoms with Gasteiger partial charge in [0.15, 0.2) is 11.4 Å². The molecule has 0 bridgehead atoms. The van der Waals surface area contributed by atoms with E-state index in [0.29, 0.717) is 5.82 Å². The zero-order valence-corrected chi connectivity index (χ0v) is 9.76. The van der Waals surface area contributed by atoms with Crippen LogP contribution >= 0.6 is 0 Å². The Morgan fingerprint density at radius 2 is 2.17 bits per heavy atom. The topological polar surface area (TPSA) is 87.2 Å². The molecule has 1 spiro atoms. The Morgan fingerprint density at radius 1 is 1.44 bits per heavy atom. The van der Waals surface area contributed by atoms with Gasteiger partial charge in [0.2, 0.25) is 0 Å². The molecule has 6 nitrogen and oxygen atoms in total.